The molecule has 0 aliphatic carbocycles. The number of halogens is 1. The predicted molar refractivity (Wildman–Crippen MR) is 102 cm³/mol. The van der Waals surface area contributed by atoms with Gasteiger partial charge in [0.05, 0.1) is 11.5 Å². The molecule has 0 saturated heterocycles. The molecule has 2 aromatic carbocycles. The van der Waals surface area contributed by atoms with Crippen LogP contribution in [0.15, 0.2) is 60.9 Å². The molecule has 0 N–H and O–H groups in total. The van der Waals surface area contributed by atoms with Gasteiger partial charge in [-0.15, -0.1) is 0 Å². The van der Waals surface area contributed by atoms with E-state index in [0.717, 1.165) is 5.56 Å². The first kappa shape index (κ1) is 18.6. The first-order valence-corrected chi connectivity index (χ1v) is 8.56. The number of amides is 1. The fourth-order valence-electron chi connectivity index (χ4n) is 2.68. The Balaban J connectivity index is 1.70. The minimum absolute atomic E-state index is 0.0572. The van der Waals surface area contributed by atoms with Crippen molar-refractivity contribution in [2.24, 2.45) is 0 Å². The quantitative estimate of drug-likeness (QED) is 0.478. The molecule has 1 aromatic heterocycles. The van der Waals surface area contributed by atoms with Crippen molar-refractivity contribution in [3.63, 3.8) is 0 Å². The van der Waals surface area contributed by atoms with E-state index < -0.39 is 4.92 Å². The van der Waals surface area contributed by atoms with Gasteiger partial charge in [0.25, 0.3) is 11.6 Å². The van der Waals surface area contributed by atoms with Gasteiger partial charge in [0.15, 0.2) is 0 Å². The first-order valence-electron chi connectivity index (χ1n) is 8.18. The van der Waals surface area contributed by atoms with Crippen LogP contribution in [0.3, 0.4) is 0 Å². The molecule has 0 spiro atoms. The van der Waals surface area contributed by atoms with E-state index in [2.05, 4.69) is 5.10 Å². The molecule has 138 valence electrons. The summed E-state index contributed by atoms with van der Waals surface area (Å²) in [5.74, 6) is -0.191. The van der Waals surface area contributed by atoms with Gasteiger partial charge in [0.1, 0.15) is 0 Å². The van der Waals surface area contributed by atoms with Gasteiger partial charge in [-0.05, 0) is 35.4 Å². The molecule has 0 aliphatic heterocycles. The van der Waals surface area contributed by atoms with Crippen LogP contribution in [-0.4, -0.2) is 32.6 Å². The Morgan fingerprint density at radius 2 is 2.00 bits per heavy atom. The van der Waals surface area contributed by atoms with Crippen molar-refractivity contribution in [2.45, 2.75) is 13.1 Å². The summed E-state index contributed by atoms with van der Waals surface area (Å²) in [6.45, 7) is 0.801. The highest BCUT2D eigenvalue weighted by atomic mass is 35.5. The summed E-state index contributed by atoms with van der Waals surface area (Å²) < 4.78 is 1.80. The molecule has 3 aromatic rings. The van der Waals surface area contributed by atoms with E-state index >= 15 is 0 Å². The van der Waals surface area contributed by atoms with Crippen molar-refractivity contribution in [3.05, 3.63) is 92.8 Å². The van der Waals surface area contributed by atoms with Gasteiger partial charge in [-0.25, -0.2) is 0 Å². The van der Waals surface area contributed by atoms with Crippen LogP contribution in [0.5, 0.6) is 0 Å². The van der Waals surface area contributed by atoms with E-state index in [4.69, 9.17) is 11.6 Å². The van der Waals surface area contributed by atoms with Crippen molar-refractivity contribution in [1.82, 2.24) is 14.7 Å². The fourth-order valence-corrected chi connectivity index (χ4v) is 2.85. The van der Waals surface area contributed by atoms with Gasteiger partial charge < -0.3 is 4.90 Å². The lowest BCUT2D eigenvalue weighted by molar-refractivity contribution is -0.384. The van der Waals surface area contributed by atoms with Gasteiger partial charge in [-0.2, -0.15) is 5.10 Å². The Kier molecular flexibility index (Phi) is 5.52. The van der Waals surface area contributed by atoms with Crippen LogP contribution < -0.4 is 0 Å². The number of aromatic nitrogens is 2. The molecular weight excluding hydrogens is 368 g/mol. The van der Waals surface area contributed by atoms with Gasteiger partial charge in [0, 0.05) is 48.7 Å². The molecule has 0 unspecified atom stereocenters. The summed E-state index contributed by atoms with van der Waals surface area (Å²) in [6, 6.07) is 13.3. The molecule has 1 amide bonds. The maximum Gasteiger partial charge on any atom is 0.269 e. The number of rotatable bonds is 6. The number of carbonyl (C=O) groups is 1. The maximum absolute atomic E-state index is 12.6. The number of non-ortho nitro benzene ring substituents is 1. The highest BCUT2D eigenvalue weighted by Gasteiger charge is 2.16. The van der Waals surface area contributed by atoms with Crippen LogP contribution in [0.1, 0.15) is 21.5 Å². The second kappa shape index (κ2) is 8.01. The lowest BCUT2D eigenvalue weighted by Crippen LogP contribution is -2.26. The van der Waals surface area contributed by atoms with Gasteiger partial charge in [-0.3, -0.25) is 19.6 Å². The van der Waals surface area contributed by atoms with Crippen molar-refractivity contribution in [3.8, 4) is 0 Å². The smallest absolute Gasteiger partial charge is 0.269 e. The lowest BCUT2D eigenvalue weighted by Gasteiger charge is -2.18. The van der Waals surface area contributed by atoms with Gasteiger partial charge >= 0.3 is 0 Å². The van der Waals surface area contributed by atoms with Crippen LogP contribution in [-0.2, 0) is 13.1 Å². The van der Waals surface area contributed by atoms with Gasteiger partial charge in [0.2, 0.25) is 0 Å². The second-order valence-electron chi connectivity index (χ2n) is 6.09. The Hall–Kier alpha value is -3.19. The third-order valence-corrected chi connectivity index (χ3v) is 4.47. The zero-order valence-electron chi connectivity index (χ0n) is 14.6. The Bertz CT molecular complexity index is 956. The number of carbonyl (C=O) groups excluding carboxylic acids is 1. The standard InChI is InChI=1S/C19H17ClN4O3/c1-22(13-16-11-17(24(26)27)7-8-18(16)20)19(25)15-5-3-14(4-6-15)12-23-10-2-9-21-23/h2-11H,12-13H2,1H3. The van der Waals surface area contributed by atoms with E-state index in [9.17, 15) is 14.9 Å². The number of nitro groups is 1. The van der Waals surface area contributed by atoms with Crippen LogP contribution in [0.2, 0.25) is 5.02 Å². The van der Waals surface area contributed by atoms with Crippen LogP contribution in [0, 0.1) is 10.1 Å². The highest BCUT2D eigenvalue weighted by Crippen LogP contribution is 2.23. The average Bonchev–Trinajstić information content (AvgIpc) is 3.16. The number of hydrogen-bond acceptors (Lipinski definition) is 4. The fraction of sp³-hybridized carbons (Fsp3) is 0.158. The van der Waals surface area contributed by atoms with Crippen LogP contribution >= 0.6 is 11.6 Å². The summed E-state index contributed by atoms with van der Waals surface area (Å²) in [7, 11) is 1.63. The van der Waals surface area contributed by atoms with Crippen LogP contribution in [0.25, 0.3) is 0 Å². The Labute approximate surface area is 160 Å². The normalized spacial score (nSPS) is 10.6. The predicted octanol–water partition coefficient (Wildman–Crippen LogP) is 3.77. The monoisotopic (exact) mass is 384 g/mol. The van der Waals surface area contributed by atoms with E-state index in [1.165, 1.54) is 23.1 Å². The largest absolute Gasteiger partial charge is 0.337 e. The minimum atomic E-state index is -0.486. The highest BCUT2D eigenvalue weighted by molar-refractivity contribution is 6.31. The Morgan fingerprint density at radius 3 is 2.63 bits per heavy atom. The molecule has 8 heteroatoms. The van der Waals surface area contributed by atoms with E-state index in [1.807, 2.05) is 24.4 Å². The molecule has 3 rings (SSSR count). The summed E-state index contributed by atoms with van der Waals surface area (Å²) >= 11 is 6.12. The van der Waals surface area contributed by atoms with Crippen molar-refractivity contribution in [1.29, 1.82) is 0 Å². The zero-order chi connectivity index (χ0) is 19.4. The summed E-state index contributed by atoms with van der Waals surface area (Å²) in [4.78, 5) is 24.6. The molecule has 0 fully saturated rings. The Morgan fingerprint density at radius 1 is 1.26 bits per heavy atom. The molecule has 0 aliphatic rings. The summed E-state index contributed by atoms with van der Waals surface area (Å²) in [5, 5.41) is 15.5. The first-order chi connectivity index (χ1) is 12.9. The third kappa shape index (κ3) is 4.51. The molecule has 0 saturated carbocycles. The van der Waals surface area contributed by atoms with Crippen LogP contribution in [0.4, 0.5) is 5.69 Å². The SMILES string of the molecule is CN(Cc1cc([N+](=O)[O-])ccc1Cl)C(=O)c1ccc(Cn2cccn2)cc1. The van der Waals surface area contributed by atoms with Crippen molar-refractivity contribution >= 4 is 23.2 Å². The molecular formula is C19H17ClN4O3. The number of hydrogen-bond donors (Lipinski definition) is 0. The lowest BCUT2D eigenvalue weighted by atomic mass is 10.1. The van der Waals surface area contributed by atoms with E-state index in [-0.39, 0.29) is 18.1 Å². The molecule has 0 bridgehead atoms. The number of nitro benzene ring substituents is 1. The average molecular weight is 385 g/mol. The number of benzene rings is 2. The second-order valence-corrected chi connectivity index (χ2v) is 6.50. The topological polar surface area (TPSA) is 81.3 Å². The summed E-state index contributed by atoms with van der Waals surface area (Å²) in [5.41, 5.74) is 2.03. The van der Waals surface area contributed by atoms with Crippen molar-refractivity contribution < 1.29 is 9.72 Å². The molecule has 7 nitrogen and oxygen atoms in total. The molecule has 0 atom stereocenters. The van der Waals surface area contributed by atoms with Gasteiger partial charge in [-0.1, -0.05) is 23.7 Å². The van der Waals surface area contributed by atoms with E-state index in [0.29, 0.717) is 22.7 Å². The maximum atomic E-state index is 12.6. The summed E-state index contributed by atoms with van der Waals surface area (Å²) in [6.07, 6.45) is 3.58. The zero-order valence-corrected chi connectivity index (χ0v) is 15.3. The molecule has 1 heterocycles. The third-order valence-electron chi connectivity index (χ3n) is 4.10. The minimum Gasteiger partial charge on any atom is -0.337 e. The van der Waals surface area contributed by atoms with E-state index in [1.54, 1.807) is 30.1 Å². The molecule has 27 heavy (non-hydrogen) atoms. The number of nitrogens with zero attached hydrogens (tertiary/aromatic N) is 4. The van der Waals surface area contributed by atoms with Crippen molar-refractivity contribution in [2.75, 3.05) is 7.05 Å². The molecule has 0 radical (unpaired) electrons.